The van der Waals surface area contributed by atoms with Crippen LogP contribution in [0.25, 0.3) is 0 Å². The molecule has 0 saturated heterocycles. The summed E-state index contributed by atoms with van der Waals surface area (Å²) in [4.78, 5) is 0. The van der Waals surface area contributed by atoms with Gasteiger partial charge < -0.3 is 19.9 Å². The summed E-state index contributed by atoms with van der Waals surface area (Å²) in [5.41, 5.74) is 5.80. The molecule has 0 aromatic heterocycles. The van der Waals surface area contributed by atoms with Gasteiger partial charge in [0.25, 0.3) is 0 Å². The van der Waals surface area contributed by atoms with E-state index in [4.69, 9.17) is 19.9 Å². The van der Waals surface area contributed by atoms with Crippen molar-refractivity contribution < 1.29 is 14.2 Å². The van der Waals surface area contributed by atoms with E-state index in [1.54, 1.807) is 7.11 Å². The molecule has 0 spiro atoms. The Morgan fingerprint density at radius 2 is 2.46 bits per heavy atom. The molecule has 4 heteroatoms. The van der Waals surface area contributed by atoms with Crippen molar-refractivity contribution in [3.05, 3.63) is 11.8 Å². The Morgan fingerprint density at radius 1 is 1.62 bits per heavy atom. The lowest BCUT2D eigenvalue weighted by atomic mass is 10.2. The summed E-state index contributed by atoms with van der Waals surface area (Å²) in [5, 5.41) is 0. The van der Waals surface area contributed by atoms with E-state index < -0.39 is 0 Å². The van der Waals surface area contributed by atoms with Gasteiger partial charge in [-0.05, 0) is 6.08 Å². The molecule has 4 nitrogen and oxygen atoms in total. The van der Waals surface area contributed by atoms with Gasteiger partial charge in [0, 0.05) is 13.5 Å². The zero-order valence-corrected chi connectivity index (χ0v) is 7.99. The Hall–Kier alpha value is -0.580. The van der Waals surface area contributed by atoms with Crippen molar-refractivity contribution in [2.45, 2.75) is 12.5 Å². The van der Waals surface area contributed by atoms with Crippen LogP contribution in [-0.4, -0.2) is 39.6 Å². The van der Waals surface area contributed by atoms with Crippen molar-refractivity contribution in [2.75, 3.05) is 33.5 Å². The number of hydrogen-bond donors (Lipinski definition) is 1. The highest BCUT2D eigenvalue weighted by Gasteiger charge is 2.14. The van der Waals surface area contributed by atoms with E-state index in [0.717, 1.165) is 18.8 Å². The molecule has 0 bridgehead atoms. The highest BCUT2D eigenvalue weighted by Crippen LogP contribution is 2.11. The lowest BCUT2D eigenvalue weighted by Crippen LogP contribution is -2.29. The molecule has 1 heterocycles. The zero-order valence-electron chi connectivity index (χ0n) is 7.99. The number of methoxy groups -OCH3 is 1. The second kappa shape index (κ2) is 5.96. The topological polar surface area (TPSA) is 53.7 Å². The Kier molecular flexibility index (Phi) is 4.82. The predicted molar refractivity (Wildman–Crippen MR) is 49.3 cm³/mol. The second-order valence-corrected chi connectivity index (χ2v) is 2.92. The van der Waals surface area contributed by atoms with Crippen LogP contribution in [0.2, 0.25) is 0 Å². The molecule has 0 radical (unpaired) electrons. The summed E-state index contributed by atoms with van der Waals surface area (Å²) >= 11 is 0. The van der Waals surface area contributed by atoms with Crippen molar-refractivity contribution in [3.8, 4) is 0 Å². The molecule has 1 unspecified atom stereocenters. The molecule has 2 N–H and O–H groups in total. The predicted octanol–water partition coefficient (Wildman–Crippen LogP) is 0.281. The summed E-state index contributed by atoms with van der Waals surface area (Å²) < 4.78 is 15.4. The maximum absolute atomic E-state index is 5.80. The van der Waals surface area contributed by atoms with Crippen LogP contribution < -0.4 is 5.73 Å². The molecule has 1 atom stereocenters. The van der Waals surface area contributed by atoms with Crippen molar-refractivity contribution in [1.82, 2.24) is 0 Å². The van der Waals surface area contributed by atoms with Gasteiger partial charge in [0.15, 0.2) is 0 Å². The molecular weight excluding hydrogens is 170 g/mol. The first-order valence-corrected chi connectivity index (χ1v) is 4.49. The first kappa shape index (κ1) is 10.5. The van der Waals surface area contributed by atoms with E-state index in [0.29, 0.717) is 19.8 Å². The molecule has 1 aliphatic rings. The average molecular weight is 187 g/mol. The van der Waals surface area contributed by atoms with E-state index in [-0.39, 0.29) is 6.04 Å². The standard InChI is InChI=1S/C9H17NO3/c1-11-5-6-12-7-8(10)9-3-2-4-13-9/h3,8H,2,4-7,10H2,1H3. The Morgan fingerprint density at radius 3 is 3.08 bits per heavy atom. The SMILES string of the molecule is COCCOCC(N)C1=CCCO1. The summed E-state index contributed by atoms with van der Waals surface area (Å²) in [7, 11) is 1.64. The summed E-state index contributed by atoms with van der Waals surface area (Å²) in [5.74, 6) is 0.859. The molecule has 13 heavy (non-hydrogen) atoms. The van der Waals surface area contributed by atoms with E-state index in [1.807, 2.05) is 6.08 Å². The van der Waals surface area contributed by atoms with E-state index in [2.05, 4.69) is 0 Å². The van der Waals surface area contributed by atoms with Crippen LogP contribution in [0.1, 0.15) is 6.42 Å². The number of nitrogens with two attached hydrogens (primary N) is 1. The molecule has 1 aliphatic heterocycles. The number of ether oxygens (including phenoxy) is 3. The summed E-state index contributed by atoms with van der Waals surface area (Å²) in [6.07, 6.45) is 2.98. The van der Waals surface area contributed by atoms with Crippen LogP contribution in [0.4, 0.5) is 0 Å². The lowest BCUT2D eigenvalue weighted by molar-refractivity contribution is 0.0600. The molecule has 0 aromatic rings. The van der Waals surface area contributed by atoms with Crippen LogP contribution in [-0.2, 0) is 14.2 Å². The lowest BCUT2D eigenvalue weighted by Gasteiger charge is -2.13. The fourth-order valence-corrected chi connectivity index (χ4v) is 1.13. The molecule has 0 fully saturated rings. The van der Waals surface area contributed by atoms with Crippen molar-refractivity contribution in [3.63, 3.8) is 0 Å². The van der Waals surface area contributed by atoms with Crippen LogP contribution in [0.5, 0.6) is 0 Å². The van der Waals surface area contributed by atoms with Gasteiger partial charge in [0.1, 0.15) is 5.76 Å². The highest BCUT2D eigenvalue weighted by atomic mass is 16.5. The van der Waals surface area contributed by atoms with E-state index >= 15 is 0 Å². The maximum atomic E-state index is 5.80. The number of hydrogen-bond acceptors (Lipinski definition) is 4. The van der Waals surface area contributed by atoms with Crippen molar-refractivity contribution in [2.24, 2.45) is 5.73 Å². The molecule has 0 aromatic carbocycles. The minimum atomic E-state index is -0.126. The fourth-order valence-electron chi connectivity index (χ4n) is 1.13. The van der Waals surface area contributed by atoms with Crippen molar-refractivity contribution >= 4 is 0 Å². The smallest absolute Gasteiger partial charge is 0.111 e. The highest BCUT2D eigenvalue weighted by molar-refractivity contribution is 5.05. The third-order valence-corrected chi connectivity index (χ3v) is 1.83. The normalized spacial score (nSPS) is 18.2. The molecule has 0 saturated carbocycles. The molecular formula is C9H17NO3. The van der Waals surface area contributed by atoms with Crippen LogP contribution in [0.15, 0.2) is 11.8 Å². The summed E-state index contributed by atoms with van der Waals surface area (Å²) in [6, 6.07) is -0.126. The van der Waals surface area contributed by atoms with E-state index in [9.17, 15) is 0 Å². The van der Waals surface area contributed by atoms with Gasteiger partial charge in [-0.2, -0.15) is 0 Å². The minimum Gasteiger partial charge on any atom is -0.496 e. The minimum absolute atomic E-state index is 0.126. The van der Waals surface area contributed by atoms with Crippen LogP contribution in [0.3, 0.4) is 0 Å². The molecule has 76 valence electrons. The third-order valence-electron chi connectivity index (χ3n) is 1.83. The van der Waals surface area contributed by atoms with Crippen molar-refractivity contribution in [1.29, 1.82) is 0 Å². The molecule has 1 rings (SSSR count). The Labute approximate surface area is 78.6 Å². The maximum Gasteiger partial charge on any atom is 0.111 e. The first-order chi connectivity index (χ1) is 6.34. The largest absolute Gasteiger partial charge is 0.496 e. The van der Waals surface area contributed by atoms with Crippen LogP contribution >= 0.6 is 0 Å². The van der Waals surface area contributed by atoms with Gasteiger partial charge in [0.05, 0.1) is 32.5 Å². The first-order valence-electron chi connectivity index (χ1n) is 4.49. The number of rotatable bonds is 6. The van der Waals surface area contributed by atoms with Gasteiger partial charge in [-0.3, -0.25) is 0 Å². The van der Waals surface area contributed by atoms with Gasteiger partial charge >= 0.3 is 0 Å². The van der Waals surface area contributed by atoms with Crippen LogP contribution in [0, 0.1) is 0 Å². The monoisotopic (exact) mass is 187 g/mol. The zero-order chi connectivity index (χ0) is 9.52. The van der Waals surface area contributed by atoms with Gasteiger partial charge in [0.2, 0.25) is 0 Å². The Balaban J connectivity index is 2.06. The van der Waals surface area contributed by atoms with Gasteiger partial charge in [-0.25, -0.2) is 0 Å². The third kappa shape index (κ3) is 3.76. The molecule has 0 amide bonds. The average Bonchev–Trinajstić information content (AvgIpc) is 2.65. The van der Waals surface area contributed by atoms with E-state index in [1.165, 1.54) is 0 Å². The fraction of sp³-hybridized carbons (Fsp3) is 0.778. The molecule has 0 aliphatic carbocycles. The quantitative estimate of drug-likeness (QED) is 0.607. The summed E-state index contributed by atoms with van der Waals surface area (Å²) in [6.45, 7) is 2.43. The second-order valence-electron chi connectivity index (χ2n) is 2.92. The van der Waals surface area contributed by atoms with Gasteiger partial charge in [-0.1, -0.05) is 0 Å². The Bertz CT molecular complexity index is 170. The van der Waals surface area contributed by atoms with Gasteiger partial charge in [-0.15, -0.1) is 0 Å².